The standard InChI is InChI=1S/C19H25N3O3S2/c1-11-8-22(9-12(2)25-11)15(23)10-26-19-20-17-16(18(24)21(19)3)13-6-4-5-7-14(13)27-17/h11-12H,4-10H2,1-3H3. The predicted molar refractivity (Wildman–Crippen MR) is 109 cm³/mol. The normalized spacial score (nSPS) is 22.9. The smallest absolute Gasteiger partial charge is 0.262 e. The van der Waals surface area contributed by atoms with Gasteiger partial charge in [-0.05, 0) is 45.1 Å². The molecule has 27 heavy (non-hydrogen) atoms. The van der Waals surface area contributed by atoms with Gasteiger partial charge in [-0.15, -0.1) is 11.3 Å². The molecule has 1 aliphatic carbocycles. The Labute approximate surface area is 166 Å². The summed E-state index contributed by atoms with van der Waals surface area (Å²) in [6.45, 7) is 5.21. The van der Waals surface area contributed by atoms with E-state index in [1.165, 1.54) is 28.6 Å². The minimum absolute atomic E-state index is 0.0166. The minimum atomic E-state index is 0.0166. The Morgan fingerprint density at radius 3 is 2.70 bits per heavy atom. The summed E-state index contributed by atoms with van der Waals surface area (Å²) in [7, 11) is 1.76. The lowest BCUT2D eigenvalue weighted by Crippen LogP contribution is -2.48. The van der Waals surface area contributed by atoms with Crippen LogP contribution in [-0.4, -0.2) is 51.4 Å². The first-order valence-corrected chi connectivity index (χ1v) is 11.3. The van der Waals surface area contributed by atoms with Crippen LogP contribution in [0.3, 0.4) is 0 Å². The lowest BCUT2D eigenvalue weighted by Gasteiger charge is -2.35. The average molecular weight is 408 g/mol. The van der Waals surface area contributed by atoms with Gasteiger partial charge >= 0.3 is 0 Å². The van der Waals surface area contributed by atoms with E-state index in [0.29, 0.717) is 18.2 Å². The van der Waals surface area contributed by atoms with Crippen LogP contribution < -0.4 is 5.56 Å². The van der Waals surface area contributed by atoms with E-state index in [1.54, 1.807) is 23.0 Å². The quantitative estimate of drug-likeness (QED) is 0.578. The molecule has 1 aliphatic heterocycles. The first-order valence-electron chi connectivity index (χ1n) is 9.51. The summed E-state index contributed by atoms with van der Waals surface area (Å²) < 4.78 is 7.30. The molecular weight excluding hydrogens is 382 g/mol. The largest absolute Gasteiger partial charge is 0.372 e. The first-order chi connectivity index (χ1) is 12.9. The second kappa shape index (κ2) is 7.56. The van der Waals surface area contributed by atoms with Gasteiger partial charge in [-0.1, -0.05) is 11.8 Å². The second-order valence-corrected chi connectivity index (χ2v) is 9.52. The van der Waals surface area contributed by atoms with Crippen molar-refractivity contribution < 1.29 is 9.53 Å². The van der Waals surface area contributed by atoms with Crippen molar-refractivity contribution in [2.45, 2.75) is 56.9 Å². The number of hydrogen-bond donors (Lipinski definition) is 0. The zero-order valence-electron chi connectivity index (χ0n) is 16.0. The lowest BCUT2D eigenvalue weighted by atomic mass is 9.97. The number of nitrogens with zero attached hydrogens (tertiary/aromatic N) is 3. The molecule has 1 amide bonds. The topological polar surface area (TPSA) is 64.4 Å². The monoisotopic (exact) mass is 407 g/mol. The molecule has 0 spiro atoms. The molecule has 146 valence electrons. The van der Waals surface area contributed by atoms with Crippen molar-refractivity contribution in [3.05, 3.63) is 20.8 Å². The molecule has 1 saturated heterocycles. The number of aromatic nitrogens is 2. The number of thioether (sulfide) groups is 1. The molecule has 2 atom stereocenters. The molecule has 6 nitrogen and oxygen atoms in total. The number of aryl methyl sites for hydroxylation is 2. The van der Waals surface area contributed by atoms with Crippen LogP contribution in [0, 0.1) is 0 Å². The molecule has 0 bridgehead atoms. The average Bonchev–Trinajstić information content (AvgIpc) is 3.00. The highest BCUT2D eigenvalue weighted by atomic mass is 32.2. The highest BCUT2D eigenvalue weighted by molar-refractivity contribution is 7.99. The zero-order chi connectivity index (χ0) is 19.1. The zero-order valence-corrected chi connectivity index (χ0v) is 17.6. The Morgan fingerprint density at radius 1 is 1.26 bits per heavy atom. The van der Waals surface area contributed by atoms with Gasteiger partial charge in [-0.2, -0.15) is 0 Å². The molecule has 8 heteroatoms. The van der Waals surface area contributed by atoms with Crippen LogP contribution in [0.2, 0.25) is 0 Å². The van der Waals surface area contributed by atoms with Crippen molar-refractivity contribution in [1.82, 2.24) is 14.5 Å². The van der Waals surface area contributed by atoms with E-state index in [0.717, 1.165) is 29.5 Å². The third kappa shape index (κ3) is 3.67. The molecule has 0 radical (unpaired) electrons. The number of morpholine rings is 1. The summed E-state index contributed by atoms with van der Waals surface area (Å²) in [6.07, 6.45) is 4.46. The van der Waals surface area contributed by atoms with Gasteiger partial charge in [0.2, 0.25) is 5.91 Å². The van der Waals surface area contributed by atoms with Gasteiger partial charge < -0.3 is 9.64 Å². The van der Waals surface area contributed by atoms with Gasteiger partial charge in [-0.3, -0.25) is 14.2 Å². The van der Waals surface area contributed by atoms with Crippen LogP contribution in [0.4, 0.5) is 0 Å². The van der Waals surface area contributed by atoms with Crippen molar-refractivity contribution in [3.8, 4) is 0 Å². The number of thiophene rings is 1. The number of amides is 1. The summed E-state index contributed by atoms with van der Waals surface area (Å²) in [6, 6.07) is 0. The van der Waals surface area contributed by atoms with Gasteiger partial charge in [-0.25, -0.2) is 4.98 Å². The second-order valence-electron chi connectivity index (χ2n) is 7.49. The Morgan fingerprint density at radius 2 is 1.96 bits per heavy atom. The summed E-state index contributed by atoms with van der Waals surface area (Å²) in [5.41, 5.74) is 1.22. The van der Waals surface area contributed by atoms with E-state index in [-0.39, 0.29) is 29.4 Å². The summed E-state index contributed by atoms with van der Waals surface area (Å²) in [4.78, 5) is 34.3. The van der Waals surface area contributed by atoms with Gasteiger partial charge in [0, 0.05) is 25.0 Å². The van der Waals surface area contributed by atoms with Crippen molar-refractivity contribution in [2.24, 2.45) is 7.05 Å². The number of carbonyl (C=O) groups excluding carboxylic acids is 1. The number of hydrogen-bond acceptors (Lipinski definition) is 6. The number of rotatable bonds is 3. The number of fused-ring (bicyclic) bond motifs is 3. The highest BCUT2D eigenvalue weighted by Crippen LogP contribution is 2.34. The highest BCUT2D eigenvalue weighted by Gasteiger charge is 2.26. The van der Waals surface area contributed by atoms with Gasteiger partial charge in [0.1, 0.15) is 4.83 Å². The molecule has 2 unspecified atom stereocenters. The van der Waals surface area contributed by atoms with Gasteiger partial charge in [0.05, 0.1) is 23.3 Å². The number of carbonyl (C=O) groups is 1. The van der Waals surface area contributed by atoms with Gasteiger partial charge in [0.25, 0.3) is 5.56 Å². The predicted octanol–water partition coefficient (Wildman–Crippen LogP) is 2.60. The van der Waals surface area contributed by atoms with E-state index >= 15 is 0 Å². The third-order valence-corrected chi connectivity index (χ3v) is 7.45. The molecule has 2 aromatic heterocycles. The maximum absolute atomic E-state index is 12.9. The fourth-order valence-electron chi connectivity index (χ4n) is 4.00. The summed E-state index contributed by atoms with van der Waals surface area (Å²) >= 11 is 3.00. The molecule has 4 rings (SSSR count). The Kier molecular flexibility index (Phi) is 5.31. The Hall–Kier alpha value is -1.38. The van der Waals surface area contributed by atoms with Crippen molar-refractivity contribution in [1.29, 1.82) is 0 Å². The molecule has 1 fully saturated rings. The van der Waals surface area contributed by atoms with E-state index in [9.17, 15) is 9.59 Å². The van der Waals surface area contributed by atoms with Crippen LogP contribution in [0.1, 0.15) is 37.1 Å². The third-order valence-electron chi connectivity index (χ3n) is 5.25. The van der Waals surface area contributed by atoms with E-state index < -0.39 is 0 Å². The lowest BCUT2D eigenvalue weighted by molar-refractivity contribution is -0.140. The maximum atomic E-state index is 12.9. The van der Waals surface area contributed by atoms with E-state index in [2.05, 4.69) is 0 Å². The van der Waals surface area contributed by atoms with Crippen molar-refractivity contribution >= 4 is 39.2 Å². The minimum Gasteiger partial charge on any atom is -0.372 e. The molecule has 0 N–H and O–H groups in total. The molecule has 0 aromatic carbocycles. The number of ether oxygens (including phenoxy) is 1. The van der Waals surface area contributed by atoms with Crippen LogP contribution in [-0.2, 0) is 29.4 Å². The Balaban J connectivity index is 1.55. The molecule has 2 aliphatic rings. The van der Waals surface area contributed by atoms with Crippen LogP contribution >= 0.6 is 23.1 Å². The van der Waals surface area contributed by atoms with Crippen molar-refractivity contribution in [3.63, 3.8) is 0 Å². The fraction of sp³-hybridized carbons (Fsp3) is 0.632. The molecular formula is C19H25N3O3S2. The van der Waals surface area contributed by atoms with Crippen molar-refractivity contribution in [2.75, 3.05) is 18.8 Å². The fourth-order valence-corrected chi connectivity index (χ4v) is 6.17. The van der Waals surface area contributed by atoms with E-state index in [1.807, 2.05) is 18.7 Å². The van der Waals surface area contributed by atoms with Crippen LogP contribution in [0.25, 0.3) is 10.2 Å². The van der Waals surface area contributed by atoms with E-state index in [4.69, 9.17) is 9.72 Å². The van der Waals surface area contributed by atoms with Crippen LogP contribution in [0.5, 0.6) is 0 Å². The molecule has 0 saturated carbocycles. The molecule has 3 heterocycles. The SMILES string of the molecule is CC1CN(C(=O)CSc2nc3sc4c(c3c(=O)n2C)CCCC4)CC(C)O1. The first kappa shape index (κ1) is 19.0. The van der Waals surface area contributed by atoms with Gasteiger partial charge in [0.15, 0.2) is 5.16 Å². The summed E-state index contributed by atoms with van der Waals surface area (Å²) in [5.74, 6) is 0.359. The van der Waals surface area contributed by atoms with Crippen LogP contribution in [0.15, 0.2) is 9.95 Å². The Bertz CT molecular complexity index is 926. The molecule has 2 aromatic rings. The summed E-state index contributed by atoms with van der Waals surface area (Å²) in [5, 5.41) is 1.41. The maximum Gasteiger partial charge on any atom is 0.262 e.